The maximum Gasteiger partial charge on any atom is 1.00 e. The molecule has 4 aliphatic carbocycles. The van der Waals surface area contributed by atoms with Gasteiger partial charge in [0, 0.05) is 140 Å². The van der Waals surface area contributed by atoms with E-state index in [0.29, 0.717) is 30.4 Å². The Kier molecular flexibility index (Phi) is 41.3. The van der Waals surface area contributed by atoms with E-state index in [1.165, 1.54) is 69.9 Å². The van der Waals surface area contributed by atoms with Gasteiger partial charge in [-0.25, -0.2) is 0 Å². The number of aryl methyl sites for hydroxylation is 1. The third-order valence-electron chi connectivity index (χ3n) is 14.4. The van der Waals surface area contributed by atoms with Gasteiger partial charge in [0.15, 0.2) is 17.6 Å². The molecule has 71 heavy (non-hydrogen) atoms. The fourth-order valence-corrected chi connectivity index (χ4v) is 10.5. The Balaban J connectivity index is 0. The van der Waals surface area contributed by atoms with E-state index in [1.54, 1.807) is 0 Å². The van der Waals surface area contributed by atoms with E-state index in [2.05, 4.69) is 67.7 Å². The molecular formula is C55H97KN8O4Pd3. The molecule has 8 bridgehead atoms. The minimum Gasteiger partial charge on any atom is -0.852 e. The van der Waals surface area contributed by atoms with Crippen molar-refractivity contribution >= 4 is 0 Å². The van der Waals surface area contributed by atoms with E-state index in [-0.39, 0.29) is 119 Å². The normalized spacial score (nSPS) is 29.2. The molecule has 8 atom stereocenters. The van der Waals surface area contributed by atoms with Gasteiger partial charge in [0.25, 0.3) is 0 Å². The molecule has 0 amide bonds. The molecule has 12 aliphatic rings. The van der Waals surface area contributed by atoms with Crippen LogP contribution in [0.15, 0.2) is 73.3 Å². The van der Waals surface area contributed by atoms with Crippen LogP contribution < -0.4 is 70.7 Å². The Bertz CT molecular complexity index is 1560. The molecule has 8 saturated heterocycles. The summed E-state index contributed by atoms with van der Waals surface area (Å²) in [5.41, 5.74) is 1.22. The number of piperidine rings is 4. The van der Waals surface area contributed by atoms with Crippen molar-refractivity contribution in [1.82, 2.24) is 39.5 Å². The monoisotopic (exact) mass is 1290 g/mol. The van der Waals surface area contributed by atoms with Gasteiger partial charge in [-0.15, -0.1) is 6.10 Å². The second-order valence-corrected chi connectivity index (χ2v) is 18.0. The molecule has 4 N–H and O–H groups in total. The second-order valence-electron chi connectivity index (χ2n) is 18.0. The number of nitrogens with one attached hydrogen (secondary N) is 4. The number of hydrogen-bond donors (Lipinski definition) is 4. The molecule has 16 rings (SSSR count). The van der Waals surface area contributed by atoms with Crippen molar-refractivity contribution in [2.24, 2.45) is 0 Å². The van der Waals surface area contributed by atoms with Gasteiger partial charge in [0.2, 0.25) is 0 Å². The Morgan fingerprint density at radius 3 is 0.761 bits per heavy atom. The number of rotatable bonds is 6. The average molecular weight is 1290 g/mol. The van der Waals surface area contributed by atoms with Crippen molar-refractivity contribution in [3.8, 4) is 17.6 Å². The van der Waals surface area contributed by atoms with Crippen LogP contribution in [0.4, 0.5) is 0 Å². The van der Waals surface area contributed by atoms with Crippen LogP contribution in [-0.4, -0.2) is 140 Å². The average Bonchev–Trinajstić information content (AvgIpc) is 4.27. The number of fused-ring (bicyclic) bond motifs is 8. The maximum atomic E-state index is 10.9. The number of ether oxygens (including phenoxy) is 3. The molecule has 0 radical (unpaired) electrons. The third kappa shape index (κ3) is 22.4. The third-order valence-corrected chi connectivity index (χ3v) is 14.4. The van der Waals surface area contributed by atoms with E-state index in [1.807, 2.05) is 149 Å². The van der Waals surface area contributed by atoms with Crippen molar-refractivity contribution in [1.29, 1.82) is 0 Å². The van der Waals surface area contributed by atoms with E-state index in [4.69, 9.17) is 14.2 Å². The van der Waals surface area contributed by atoms with Gasteiger partial charge >= 0.3 is 51.4 Å². The summed E-state index contributed by atoms with van der Waals surface area (Å²) < 4.78 is 17.6. The van der Waals surface area contributed by atoms with E-state index in [9.17, 15) is 5.11 Å². The molecular weight excluding hydrogens is 1200 g/mol. The van der Waals surface area contributed by atoms with E-state index >= 15 is 0 Å². The molecule has 8 aliphatic heterocycles. The summed E-state index contributed by atoms with van der Waals surface area (Å²) >= 11 is 0. The largest absolute Gasteiger partial charge is 1.00 e. The zero-order valence-electron chi connectivity index (χ0n) is 46.7. The van der Waals surface area contributed by atoms with Crippen molar-refractivity contribution in [2.45, 2.75) is 226 Å². The first-order chi connectivity index (χ1) is 32.6. The van der Waals surface area contributed by atoms with Crippen LogP contribution in [0.1, 0.15) is 152 Å². The van der Waals surface area contributed by atoms with Crippen LogP contribution in [0.2, 0.25) is 0 Å². The molecule has 8 unspecified atom stereocenters. The number of hydrogen-bond acceptors (Lipinski definition) is 8. The van der Waals surface area contributed by atoms with E-state index < -0.39 is 0 Å². The van der Waals surface area contributed by atoms with Crippen molar-refractivity contribution in [2.75, 3.05) is 28.2 Å². The molecule has 4 saturated carbocycles. The molecule has 12 nitrogen and oxygen atoms in total. The summed E-state index contributed by atoms with van der Waals surface area (Å²) in [7, 11) is 8.81. The number of aromatic nitrogens is 4. The first-order valence-corrected chi connectivity index (χ1v) is 26.7. The van der Waals surface area contributed by atoms with Crippen molar-refractivity contribution in [3.05, 3.63) is 79.0 Å². The predicted octanol–water partition coefficient (Wildman–Crippen LogP) is 7.92. The van der Waals surface area contributed by atoms with Crippen molar-refractivity contribution in [3.63, 3.8) is 0 Å². The molecule has 0 aromatic carbocycles. The fraction of sp³-hybridized carbons (Fsp3) is 0.709. The first kappa shape index (κ1) is 73.0. The Morgan fingerprint density at radius 1 is 0.380 bits per heavy atom. The summed E-state index contributed by atoms with van der Waals surface area (Å²) in [5, 5.41) is 10.9. The quantitative estimate of drug-likeness (QED) is 0.144. The summed E-state index contributed by atoms with van der Waals surface area (Å²) in [4.78, 5) is 22.1. The minimum absolute atomic E-state index is 0. The van der Waals surface area contributed by atoms with Crippen LogP contribution in [0.3, 0.4) is 0 Å². The molecule has 4 aromatic rings. The first-order valence-electron chi connectivity index (χ1n) is 26.7. The minimum atomic E-state index is -0.245. The van der Waals surface area contributed by atoms with Crippen LogP contribution in [-0.2, 0) is 61.3 Å². The summed E-state index contributed by atoms with van der Waals surface area (Å²) in [6.07, 6.45) is 23.0. The topological polar surface area (TPSA) is 127 Å². The van der Waals surface area contributed by atoms with Crippen LogP contribution in [0.5, 0.6) is 17.6 Å². The SMILES string of the molecule is CC.CC.CC.CC.CC.CN1C2CC(Oc3ccc[nH]3)CC1C2.CN1C2CC(Oc3ccc[nH]3)CC1C2.CN1C2CC(Oc3ccc[nH]3)CC1C2.CN1C2CC([O-])CC1C2.Cc1ccc[nH]1.[K+].[Pd].[Pd].[Pd]. The molecule has 16 heteroatoms. The van der Waals surface area contributed by atoms with Crippen molar-refractivity contribution < 1.29 is 132 Å². The zero-order valence-corrected chi connectivity index (χ0v) is 54.5. The number of H-pyrrole nitrogens is 4. The Labute approximate surface area is 516 Å². The van der Waals surface area contributed by atoms with Gasteiger partial charge in [-0.1, -0.05) is 69.2 Å². The molecule has 4 aromatic heterocycles. The summed E-state index contributed by atoms with van der Waals surface area (Å²) in [5.74, 6) is 2.75. The van der Waals surface area contributed by atoms with Gasteiger partial charge in [-0.05, 0) is 161 Å². The Morgan fingerprint density at radius 2 is 0.606 bits per heavy atom. The van der Waals surface area contributed by atoms with Crippen LogP contribution in [0.25, 0.3) is 0 Å². The van der Waals surface area contributed by atoms with Gasteiger partial charge in [0.05, 0.1) is 0 Å². The standard InChI is InChI=1S/3C11H16N2O.C7H12NO.C5H7N.5C2H6.K.3Pd/c3*1-13-8-5-9(13)7-10(6-8)14-11-3-2-4-12-11;1-8-5-2-6(8)4-7(9)3-5;1-5-3-2-4-6-5;5*1-2;;;;/h3*2-4,8-10,12H,5-7H2,1H3;5-7H,2-4H2,1H3;2-4,6H,1H3;5*1-2H3;;;;/q;;;-1;;;;;;;+1;;;. The summed E-state index contributed by atoms with van der Waals surface area (Å²) in [6, 6.07) is 21.8. The van der Waals surface area contributed by atoms with E-state index in [0.717, 1.165) is 66.7 Å². The van der Waals surface area contributed by atoms with Crippen LogP contribution in [0, 0.1) is 6.92 Å². The zero-order chi connectivity index (χ0) is 49.5. The van der Waals surface area contributed by atoms with Gasteiger partial charge in [-0.3, -0.25) is 0 Å². The molecule has 0 spiro atoms. The second kappa shape index (κ2) is 40.2. The number of aromatic amines is 4. The number of nitrogens with zero attached hydrogens (tertiary/aromatic N) is 4. The molecule has 12 fully saturated rings. The molecule has 12 heterocycles. The fourth-order valence-electron chi connectivity index (χ4n) is 10.5. The van der Waals surface area contributed by atoms with Crippen LogP contribution >= 0.6 is 0 Å². The Hall–Kier alpha value is -0.0566. The predicted molar refractivity (Wildman–Crippen MR) is 278 cm³/mol. The van der Waals surface area contributed by atoms with Gasteiger partial charge in [0.1, 0.15) is 18.3 Å². The molecule has 412 valence electrons. The summed E-state index contributed by atoms with van der Waals surface area (Å²) in [6.45, 7) is 22.0. The smallest absolute Gasteiger partial charge is 0.852 e. The van der Waals surface area contributed by atoms with Gasteiger partial charge < -0.3 is 58.9 Å². The maximum absolute atomic E-state index is 10.9. The van der Waals surface area contributed by atoms with Gasteiger partial charge in [-0.2, -0.15) is 0 Å².